The summed E-state index contributed by atoms with van der Waals surface area (Å²) < 4.78 is 0. The van der Waals surface area contributed by atoms with Crippen molar-refractivity contribution in [2.24, 2.45) is 0 Å². The maximum Gasteiger partial charge on any atom is 0.0895 e. The fourth-order valence-electron chi connectivity index (χ4n) is 1.62. The summed E-state index contributed by atoms with van der Waals surface area (Å²) >= 11 is 1.63. The molecule has 72 valence electrons. The predicted octanol–water partition coefficient (Wildman–Crippen LogP) is 3.56. The van der Waals surface area contributed by atoms with Crippen LogP contribution >= 0.6 is 11.3 Å². The van der Waals surface area contributed by atoms with Crippen molar-refractivity contribution >= 4 is 16.3 Å². The lowest BCUT2D eigenvalue weighted by atomic mass is 10.0. The third kappa shape index (κ3) is 1.53. The van der Waals surface area contributed by atoms with Gasteiger partial charge >= 0.3 is 0 Å². The Morgan fingerprint density at radius 3 is 2.57 bits per heavy atom. The van der Waals surface area contributed by atoms with E-state index >= 15 is 0 Å². The Bertz CT molecular complexity index is 417. The Labute approximate surface area is 88.2 Å². The normalized spacial score (nSPS) is 10.4. The van der Waals surface area contributed by atoms with E-state index < -0.39 is 0 Å². The van der Waals surface area contributed by atoms with Crippen LogP contribution in [0.2, 0.25) is 0 Å². The molecule has 1 aromatic carbocycles. The van der Waals surface area contributed by atoms with E-state index in [1.165, 1.54) is 16.7 Å². The third-order valence-corrected chi connectivity index (χ3v) is 3.22. The van der Waals surface area contributed by atoms with Gasteiger partial charge in [-0.2, -0.15) is 0 Å². The molecule has 0 atom stereocenters. The number of hydrogen-bond donors (Lipinski definition) is 1. The van der Waals surface area contributed by atoms with Crippen molar-refractivity contribution in [3.05, 3.63) is 41.3 Å². The average Bonchev–Trinajstić information content (AvgIpc) is 2.61. The van der Waals surface area contributed by atoms with Crippen LogP contribution < -0.4 is 5.73 Å². The molecule has 1 heterocycles. The molecule has 1 nitrogen and oxygen atoms in total. The lowest BCUT2D eigenvalue weighted by Gasteiger charge is -2.02. The zero-order valence-electron chi connectivity index (χ0n) is 8.16. The first-order valence-corrected chi connectivity index (χ1v) is 5.62. The molecule has 0 bridgehead atoms. The first-order valence-electron chi connectivity index (χ1n) is 4.74. The largest absolute Gasteiger partial charge is 0.390 e. The Kier molecular flexibility index (Phi) is 2.55. The van der Waals surface area contributed by atoms with Crippen molar-refractivity contribution in [1.29, 1.82) is 0 Å². The Morgan fingerprint density at radius 1 is 1.21 bits per heavy atom. The minimum atomic E-state index is 0.950. The van der Waals surface area contributed by atoms with Crippen LogP contribution in [-0.4, -0.2) is 0 Å². The fourth-order valence-corrected chi connectivity index (χ4v) is 2.54. The number of hydrogen-bond acceptors (Lipinski definition) is 2. The molecular formula is C12H13NS. The van der Waals surface area contributed by atoms with Crippen molar-refractivity contribution in [2.45, 2.75) is 13.3 Å². The monoisotopic (exact) mass is 203 g/mol. The van der Waals surface area contributed by atoms with Crippen LogP contribution in [0.5, 0.6) is 0 Å². The van der Waals surface area contributed by atoms with E-state index in [1.807, 2.05) is 6.07 Å². The van der Waals surface area contributed by atoms with E-state index in [1.54, 1.807) is 11.3 Å². The standard InChI is InChI=1S/C12H13NS/c1-2-10-11(8-14-12(10)13)9-6-4-3-5-7-9/h3-8H,2,13H2,1H3. The molecule has 0 saturated heterocycles. The number of nitrogens with two attached hydrogens (primary N) is 1. The van der Waals surface area contributed by atoms with Gasteiger partial charge in [0.1, 0.15) is 0 Å². The van der Waals surface area contributed by atoms with E-state index in [-0.39, 0.29) is 0 Å². The maximum absolute atomic E-state index is 5.91. The van der Waals surface area contributed by atoms with E-state index in [0.29, 0.717) is 0 Å². The van der Waals surface area contributed by atoms with Crippen molar-refractivity contribution < 1.29 is 0 Å². The smallest absolute Gasteiger partial charge is 0.0895 e. The first-order chi connectivity index (χ1) is 6.83. The van der Waals surface area contributed by atoms with Gasteiger partial charge in [0.25, 0.3) is 0 Å². The number of nitrogen functional groups attached to an aromatic ring is 1. The van der Waals surface area contributed by atoms with Gasteiger partial charge in [0.2, 0.25) is 0 Å². The molecule has 0 unspecified atom stereocenters. The molecule has 2 N–H and O–H groups in total. The highest BCUT2D eigenvalue weighted by molar-refractivity contribution is 7.14. The molecule has 2 rings (SSSR count). The minimum absolute atomic E-state index is 0.950. The van der Waals surface area contributed by atoms with Crippen LogP contribution in [0.3, 0.4) is 0 Å². The zero-order valence-corrected chi connectivity index (χ0v) is 8.97. The van der Waals surface area contributed by atoms with Crippen LogP contribution in [0.1, 0.15) is 12.5 Å². The lowest BCUT2D eigenvalue weighted by molar-refractivity contribution is 1.16. The van der Waals surface area contributed by atoms with Gasteiger partial charge in [0, 0.05) is 5.38 Å². The molecule has 0 radical (unpaired) electrons. The second kappa shape index (κ2) is 3.84. The number of thiophene rings is 1. The molecule has 14 heavy (non-hydrogen) atoms. The molecular weight excluding hydrogens is 190 g/mol. The lowest BCUT2D eigenvalue weighted by Crippen LogP contribution is -1.88. The third-order valence-electron chi connectivity index (χ3n) is 2.36. The SMILES string of the molecule is CCc1c(-c2ccccc2)csc1N. The van der Waals surface area contributed by atoms with Gasteiger partial charge in [0.05, 0.1) is 5.00 Å². The van der Waals surface area contributed by atoms with Gasteiger partial charge in [-0.05, 0) is 23.1 Å². The molecule has 2 aromatic rings. The molecule has 0 fully saturated rings. The summed E-state index contributed by atoms with van der Waals surface area (Å²) in [5.41, 5.74) is 9.74. The van der Waals surface area contributed by atoms with Gasteiger partial charge in [-0.1, -0.05) is 37.3 Å². The topological polar surface area (TPSA) is 26.0 Å². The van der Waals surface area contributed by atoms with Crippen molar-refractivity contribution in [2.75, 3.05) is 5.73 Å². The van der Waals surface area contributed by atoms with Crippen LogP contribution in [0.15, 0.2) is 35.7 Å². The molecule has 0 aliphatic heterocycles. The van der Waals surface area contributed by atoms with Gasteiger partial charge in [-0.25, -0.2) is 0 Å². The van der Waals surface area contributed by atoms with E-state index in [9.17, 15) is 0 Å². The van der Waals surface area contributed by atoms with Crippen LogP contribution in [0.4, 0.5) is 5.00 Å². The van der Waals surface area contributed by atoms with Crippen molar-refractivity contribution in [3.63, 3.8) is 0 Å². The summed E-state index contributed by atoms with van der Waals surface area (Å²) in [7, 11) is 0. The van der Waals surface area contributed by atoms with Crippen molar-refractivity contribution in [1.82, 2.24) is 0 Å². The highest BCUT2D eigenvalue weighted by Gasteiger charge is 2.08. The van der Waals surface area contributed by atoms with Crippen LogP contribution in [0, 0.1) is 0 Å². The van der Waals surface area contributed by atoms with E-state index in [4.69, 9.17) is 5.73 Å². The highest BCUT2D eigenvalue weighted by Crippen LogP contribution is 2.33. The Balaban J connectivity index is 2.52. The number of rotatable bonds is 2. The summed E-state index contributed by atoms with van der Waals surface area (Å²) in [6.45, 7) is 2.14. The Hall–Kier alpha value is -1.28. The van der Waals surface area contributed by atoms with Crippen LogP contribution in [-0.2, 0) is 6.42 Å². The summed E-state index contributed by atoms with van der Waals surface area (Å²) in [5.74, 6) is 0. The molecule has 0 spiro atoms. The predicted molar refractivity (Wildman–Crippen MR) is 63.5 cm³/mol. The average molecular weight is 203 g/mol. The molecule has 0 saturated carbocycles. The highest BCUT2D eigenvalue weighted by atomic mass is 32.1. The molecule has 2 heteroatoms. The molecule has 1 aromatic heterocycles. The second-order valence-electron chi connectivity index (χ2n) is 3.21. The fraction of sp³-hybridized carbons (Fsp3) is 0.167. The molecule has 0 aliphatic rings. The van der Waals surface area contributed by atoms with Gasteiger partial charge < -0.3 is 5.73 Å². The van der Waals surface area contributed by atoms with E-state index in [2.05, 4.69) is 36.6 Å². The Morgan fingerprint density at radius 2 is 1.93 bits per heavy atom. The van der Waals surface area contributed by atoms with Gasteiger partial charge in [-0.15, -0.1) is 11.3 Å². The molecule has 0 amide bonds. The van der Waals surface area contributed by atoms with Crippen molar-refractivity contribution in [3.8, 4) is 11.1 Å². The summed E-state index contributed by atoms with van der Waals surface area (Å²) in [5, 5.41) is 3.09. The summed E-state index contributed by atoms with van der Waals surface area (Å²) in [4.78, 5) is 0. The maximum atomic E-state index is 5.91. The van der Waals surface area contributed by atoms with Gasteiger partial charge in [0.15, 0.2) is 0 Å². The minimum Gasteiger partial charge on any atom is -0.390 e. The van der Waals surface area contributed by atoms with Crippen LogP contribution in [0.25, 0.3) is 11.1 Å². The zero-order chi connectivity index (χ0) is 9.97. The number of benzene rings is 1. The van der Waals surface area contributed by atoms with E-state index in [0.717, 1.165) is 11.4 Å². The molecule has 0 aliphatic carbocycles. The summed E-state index contributed by atoms with van der Waals surface area (Å²) in [6, 6.07) is 10.4. The quantitative estimate of drug-likeness (QED) is 0.793. The summed E-state index contributed by atoms with van der Waals surface area (Å²) in [6.07, 6.45) is 1.000. The number of anilines is 1. The van der Waals surface area contributed by atoms with Gasteiger partial charge in [-0.3, -0.25) is 0 Å². The second-order valence-corrected chi connectivity index (χ2v) is 4.12. The first kappa shape index (κ1) is 9.28.